The van der Waals surface area contributed by atoms with Crippen LogP contribution in [0.3, 0.4) is 0 Å². The zero-order chi connectivity index (χ0) is 13.9. The lowest BCUT2D eigenvalue weighted by atomic mass is 9.65. The molecule has 0 amide bonds. The summed E-state index contributed by atoms with van der Waals surface area (Å²) in [5.41, 5.74) is 0.479. The molecule has 2 heteroatoms. The molecule has 1 N–H and O–H groups in total. The Hall–Kier alpha value is -0.0800. The fourth-order valence-corrected chi connectivity index (χ4v) is 4.10. The maximum Gasteiger partial charge on any atom is 0.0468 e. The summed E-state index contributed by atoms with van der Waals surface area (Å²) in [6, 6.07) is 0.751. The Balaban J connectivity index is 1.93. The highest BCUT2D eigenvalue weighted by Crippen LogP contribution is 2.42. The molecule has 3 atom stereocenters. The lowest BCUT2D eigenvalue weighted by Gasteiger charge is -2.43. The SMILES string of the molecule is CNC1CCC(C(C)(C)C)CC1CC1CCOCC1. The van der Waals surface area contributed by atoms with Crippen molar-refractivity contribution in [2.45, 2.75) is 65.3 Å². The van der Waals surface area contributed by atoms with Crippen molar-refractivity contribution in [1.29, 1.82) is 0 Å². The summed E-state index contributed by atoms with van der Waals surface area (Å²) in [4.78, 5) is 0. The average Bonchev–Trinajstić information content (AvgIpc) is 2.39. The monoisotopic (exact) mass is 267 g/mol. The van der Waals surface area contributed by atoms with Crippen LogP contribution in [0.5, 0.6) is 0 Å². The van der Waals surface area contributed by atoms with Crippen LogP contribution in [0.4, 0.5) is 0 Å². The second-order valence-corrected chi connectivity index (χ2v) is 7.82. The van der Waals surface area contributed by atoms with Gasteiger partial charge in [-0.15, -0.1) is 0 Å². The molecule has 1 saturated carbocycles. The van der Waals surface area contributed by atoms with Crippen LogP contribution in [0.15, 0.2) is 0 Å². The number of rotatable bonds is 3. The average molecular weight is 267 g/mol. The first-order valence-electron chi connectivity index (χ1n) is 8.25. The van der Waals surface area contributed by atoms with Gasteiger partial charge < -0.3 is 10.1 Å². The normalized spacial score (nSPS) is 34.4. The molecule has 3 unspecified atom stereocenters. The summed E-state index contributed by atoms with van der Waals surface area (Å²) in [6.07, 6.45) is 8.18. The zero-order valence-corrected chi connectivity index (χ0v) is 13.4. The predicted molar refractivity (Wildman–Crippen MR) is 81.3 cm³/mol. The molecule has 1 aliphatic carbocycles. The molecule has 2 fully saturated rings. The molecule has 2 aliphatic rings. The molecule has 19 heavy (non-hydrogen) atoms. The minimum absolute atomic E-state index is 0.479. The Morgan fingerprint density at radius 3 is 2.32 bits per heavy atom. The van der Waals surface area contributed by atoms with E-state index in [-0.39, 0.29) is 0 Å². The molecule has 1 heterocycles. The lowest BCUT2D eigenvalue weighted by Crippen LogP contribution is -2.42. The quantitative estimate of drug-likeness (QED) is 0.838. The van der Waals surface area contributed by atoms with E-state index in [0.29, 0.717) is 5.41 Å². The maximum atomic E-state index is 5.50. The summed E-state index contributed by atoms with van der Waals surface area (Å²) in [5, 5.41) is 3.58. The molecular formula is C17H33NO. The molecule has 0 radical (unpaired) electrons. The van der Waals surface area contributed by atoms with Crippen LogP contribution >= 0.6 is 0 Å². The van der Waals surface area contributed by atoms with Crippen molar-refractivity contribution < 1.29 is 4.74 Å². The molecule has 2 nitrogen and oxygen atoms in total. The van der Waals surface area contributed by atoms with Crippen LogP contribution in [0.2, 0.25) is 0 Å². The summed E-state index contributed by atoms with van der Waals surface area (Å²) < 4.78 is 5.50. The smallest absolute Gasteiger partial charge is 0.0468 e. The summed E-state index contributed by atoms with van der Waals surface area (Å²) in [6.45, 7) is 9.24. The van der Waals surface area contributed by atoms with E-state index in [4.69, 9.17) is 4.74 Å². The third kappa shape index (κ3) is 4.19. The van der Waals surface area contributed by atoms with Gasteiger partial charge in [0.25, 0.3) is 0 Å². The third-order valence-electron chi connectivity index (χ3n) is 5.55. The number of nitrogens with one attached hydrogen (secondary N) is 1. The van der Waals surface area contributed by atoms with Crippen LogP contribution in [0.1, 0.15) is 59.3 Å². The van der Waals surface area contributed by atoms with Gasteiger partial charge in [-0.1, -0.05) is 20.8 Å². The van der Waals surface area contributed by atoms with E-state index in [0.717, 1.165) is 37.0 Å². The molecule has 112 valence electrons. The first-order valence-corrected chi connectivity index (χ1v) is 8.25. The van der Waals surface area contributed by atoms with E-state index in [1.165, 1.54) is 38.5 Å². The van der Waals surface area contributed by atoms with Gasteiger partial charge in [0.1, 0.15) is 0 Å². The van der Waals surface area contributed by atoms with Crippen LogP contribution < -0.4 is 5.32 Å². The Morgan fingerprint density at radius 2 is 1.74 bits per heavy atom. The number of hydrogen-bond acceptors (Lipinski definition) is 2. The van der Waals surface area contributed by atoms with Gasteiger partial charge in [-0.05, 0) is 68.7 Å². The fourth-order valence-electron chi connectivity index (χ4n) is 4.10. The van der Waals surface area contributed by atoms with Crippen molar-refractivity contribution in [2.75, 3.05) is 20.3 Å². The van der Waals surface area contributed by atoms with Crippen molar-refractivity contribution in [3.63, 3.8) is 0 Å². The van der Waals surface area contributed by atoms with Crippen LogP contribution in [-0.4, -0.2) is 26.3 Å². The van der Waals surface area contributed by atoms with Gasteiger partial charge in [-0.2, -0.15) is 0 Å². The highest BCUT2D eigenvalue weighted by Gasteiger charge is 2.36. The minimum atomic E-state index is 0.479. The van der Waals surface area contributed by atoms with E-state index in [2.05, 4.69) is 33.1 Å². The van der Waals surface area contributed by atoms with Crippen LogP contribution in [0.25, 0.3) is 0 Å². The number of ether oxygens (including phenoxy) is 1. The fraction of sp³-hybridized carbons (Fsp3) is 1.00. The Labute approximate surface area is 119 Å². The Morgan fingerprint density at radius 1 is 1.05 bits per heavy atom. The van der Waals surface area contributed by atoms with E-state index < -0.39 is 0 Å². The van der Waals surface area contributed by atoms with Gasteiger partial charge in [0.2, 0.25) is 0 Å². The van der Waals surface area contributed by atoms with E-state index in [1.807, 2.05) is 0 Å². The molecule has 0 bridgehead atoms. The summed E-state index contributed by atoms with van der Waals surface area (Å²) >= 11 is 0. The maximum absolute atomic E-state index is 5.50. The Kier molecular flexibility index (Phi) is 5.30. The molecule has 0 aromatic carbocycles. The van der Waals surface area contributed by atoms with Crippen molar-refractivity contribution in [1.82, 2.24) is 5.32 Å². The second-order valence-electron chi connectivity index (χ2n) is 7.82. The first-order chi connectivity index (χ1) is 9.00. The van der Waals surface area contributed by atoms with Crippen molar-refractivity contribution in [3.05, 3.63) is 0 Å². The first kappa shape index (κ1) is 15.3. The van der Waals surface area contributed by atoms with Gasteiger partial charge in [0, 0.05) is 19.3 Å². The van der Waals surface area contributed by atoms with Crippen LogP contribution in [0, 0.1) is 23.2 Å². The van der Waals surface area contributed by atoms with Crippen molar-refractivity contribution in [2.24, 2.45) is 23.2 Å². The second kappa shape index (κ2) is 6.58. The van der Waals surface area contributed by atoms with Crippen molar-refractivity contribution >= 4 is 0 Å². The van der Waals surface area contributed by atoms with Gasteiger partial charge in [-0.25, -0.2) is 0 Å². The molecule has 0 spiro atoms. The van der Waals surface area contributed by atoms with E-state index >= 15 is 0 Å². The number of hydrogen-bond donors (Lipinski definition) is 1. The predicted octanol–water partition coefficient (Wildman–Crippen LogP) is 3.85. The van der Waals surface area contributed by atoms with Crippen molar-refractivity contribution in [3.8, 4) is 0 Å². The molecule has 0 aromatic rings. The Bertz CT molecular complexity index is 265. The summed E-state index contributed by atoms with van der Waals surface area (Å²) in [5.74, 6) is 2.70. The van der Waals surface area contributed by atoms with E-state index in [9.17, 15) is 0 Å². The largest absolute Gasteiger partial charge is 0.381 e. The zero-order valence-electron chi connectivity index (χ0n) is 13.4. The third-order valence-corrected chi connectivity index (χ3v) is 5.55. The topological polar surface area (TPSA) is 21.3 Å². The van der Waals surface area contributed by atoms with Gasteiger partial charge in [0.05, 0.1) is 0 Å². The van der Waals surface area contributed by atoms with Gasteiger partial charge in [0.15, 0.2) is 0 Å². The lowest BCUT2D eigenvalue weighted by molar-refractivity contribution is 0.0431. The molecular weight excluding hydrogens is 234 g/mol. The van der Waals surface area contributed by atoms with E-state index in [1.54, 1.807) is 0 Å². The molecule has 1 aliphatic heterocycles. The summed E-state index contributed by atoms with van der Waals surface area (Å²) in [7, 11) is 2.15. The van der Waals surface area contributed by atoms with Crippen LogP contribution in [-0.2, 0) is 4.74 Å². The molecule has 0 aromatic heterocycles. The van der Waals surface area contributed by atoms with Gasteiger partial charge in [-0.3, -0.25) is 0 Å². The highest BCUT2D eigenvalue weighted by atomic mass is 16.5. The molecule has 1 saturated heterocycles. The standard InChI is InChI=1S/C17H33NO/c1-17(2,3)15-5-6-16(18-4)14(12-15)11-13-7-9-19-10-8-13/h13-16,18H,5-12H2,1-4H3. The van der Waals surface area contributed by atoms with Gasteiger partial charge >= 0.3 is 0 Å². The molecule has 2 rings (SSSR count). The minimum Gasteiger partial charge on any atom is -0.381 e. The highest BCUT2D eigenvalue weighted by molar-refractivity contribution is 4.89.